The Morgan fingerprint density at radius 1 is 1.00 bits per heavy atom. The predicted octanol–water partition coefficient (Wildman–Crippen LogP) is 3.56. The quantitative estimate of drug-likeness (QED) is 0.499. The van der Waals surface area contributed by atoms with Gasteiger partial charge in [-0.15, -0.1) is 0 Å². The highest BCUT2D eigenvalue weighted by Crippen LogP contribution is 2.35. The number of aromatic nitrogens is 4. The molecule has 4 aromatic rings. The summed E-state index contributed by atoms with van der Waals surface area (Å²) in [5, 5.41) is 3.92. The molecule has 0 fully saturated rings. The Morgan fingerprint density at radius 3 is 2.64 bits per heavy atom. The maximum atomic E-state index is 14.3. The fourth-order valence-corrected chi connectivity index (χ4v) is 3.13. The molecule has 0 spiro atoms. The molecule has 0 aliphatic heterocycles. The van der Waals surface area contributed by atoms with Crippen molar-refractivity contribution in [2.45, 2.75) is 13.0 Å². The van der Waals surface area contributed by atoms with E-state index in [9.17, 15) is 4.39 Å². The molecule has 7 nitrogen and oxygen atoms in total. The van der Waals surface area contributed by atoms with E-state index in [2.05, 4.69) is 25.3 Å². The van der Waals surface area contributed by atoms with E-state index in [0.29, 0.717) is 16.7 Å². The summed E-state index contributed by atoms with van der Waals surface area (Å²) in [6.07, 6.45) is 4.69. The van der Waals surface area contributed by atoms with Gasteiger partial charge < -0.3 is 16.8 Å². The lowest BCUT2D eigenvalue weighted by Gasteiger charge is -2.20. The van der Waals surface area contributed by atoms with E-state index >= 15 is 0 Å². The van der Waals surface area contributed by atoms with Gasteiger partial charge in [0, 0.05) is 28.9 Å². The van der Waals surface area contributed by atoms with E-state index in [1.165, 1.54) is 12.4 Å². The van der Waals surface area contributed by atoms with Gasteiger partial charge in [0.15, 0.2) is 11.6 Å². The van der Waals surface area contributed by atoms with Crippen LogP contribution < -0.4 is 16.8 Å². The summed E-state index contributed by atoms with van der Waals surface area (Å²) in [6, 6.07) is 10.2. The molecule has 140 valence electrons. The van der Waals surface area contributed by atoms with Crippen molar-refractivity contribution in [2.75, 3.05) is 16.8 Å². The Balaban J connectivity index is 1.88. The Kier molecular flexibility index (Phi) is 4.44. The average Bonchev–Trinajstić information content (AvgIpc) is 2.71. The Bertz CT molecular complexity index is 1150. The highest BCUT2D eigenvalue weighted by Gasteiger charge is 2.19. The normalized spacial score (nSPS) is 12.1. The fraction of sp³-hybridized carbons (Fsp3) is 0.100. The van der Waals surface area contributed by atoms with Gasteiger partial charge in [-0.3, -0.25) is 9.97 Å². The van der Waals surface area contributed by atoms with Crippen molar-refractivity contribution in [3.8, 4) is 11.3 Å². The molecule has 0 aliphatic carbocycles. The van der Waals surface area contributed by atoms with Crippen molar-refractivity contribution in [1.29, 1.82) is 0 Å². The SMILES string of the molecule is CC(Nc1ncnc(N)c1N)c1cnc2c(F)cccc2c1-c1ccccn1. The summed E-state index contributed by atoms with van der Waals surface area (Å²) >= 11 is 0. The number of nitrogens with two attached hydrogens (primary N) is 2. The van der Waals surface area contributed by atoms with Gasteiger partial charge in [0.2, 0.25) is 0 Å². The predicted molar refractivity (Wildman–Crippen MR) is 108 cm³/mol. The number of fused-ring (bicyclic) bond motifs is 1. The van der Waals surface area contributed by atoms with Crippen molar-refractivity contribution in [1.82, 2.24) is 19.9 Å². The first kappa shape index (κ1) is 17.6. The average molecular weight is 375 g/mol. The first-order chi connectivity index (χ1) is 13.6. The third kappa shape index (κ3) is 3.05. The lowest BCUT2D eigenvalue weighted by molar-refractivity contribution is 0.636. The molecule has 28 heavy (non-hydrogen) atoms. The molecule has 0 aliphatic rings. The standard InChI is InChI=1S/C20H18FN7/c1-11(28-20-17(22)19(23)26-10-27-20)13-9-25-18-12(5-4-6-14(18)21)16(13)15-7-2-3-8-24-15/h2-11H,22H2,1H3,(H3,23,26,27,28). The van der Waals surface area contributed by atoms with Gasteiger partial charge in [-0.2, -0.15) is 0 Å². The van der Waals surface area contributed by atoms with Crippen LogP contribution in [0.5, 0.6) is 0 Å². The third-order valence-electron chi connectivity index (χ3n) is 4.53. The second-order valence-electron chi connectivity index (χ2n) is 6.33. The van der Waals surface area contributed by atoms with Crippen molar-refractivity contribution < 1.29 is 4.39 Å². The maximum Gasteiger partial charge on any atom is 0.155 e. The van der Waals surface area contributed by atoms with Crippen LogP contribution in [0.4, 0.5) is 21.7 Å². The summed E-state index contributed by atoms with van der Waals surface area (Å²) in [7, 11) is 0. The zero-order chi connectivity index (χ0) is 19.7. The molecule has 1 atom stereocenters. The van der Waals surface area contributed by atoms with Gasteiger partial charge in [-0.1, -0.05) is 18.2 Å². The molecule has 4 rings (SSSR count). The number of hydrogen-bond acceptors (Lipinski definition) is 7. The van der Waals surface area contributed by atoms with E-state index in [0.717, 1.165) is 16.8 Å². The van der Waals surface area contributed by atoms with Crippen LogP contribution in [0.25, 0.3) is 22.2 Å². The fourth-order valence-electron chi connectivity index (χ4n) is 3.13. The van der Waals surface area contributed by atoms with Gasteiger partial charge in [-0.25, -0.2) is 14.4 Å². The summed E-state index contributed by atoms with van der Waals surface area (Å²) < 4.78 is 14.3. The number of pyridine rings is 2. The minimum absolute atomic E-state index is 0.202. The first-order valence-electron chi connectivity index (χ1n) is 8.67. The number of nitrogen functional groups attached to an aromatic ring is 2. The summed E-state index contributed by atoms with van der Waals surface area (Å²) in [6.45, 7) is 1.94. The van der Waals surface area contributed by atoms with Crippen LogP contribution in [0.3, 0.4) is 0 Å². The van der Waals surface area contributed by atoms with Crippen molar-refractivity contribution in [3.63, 3.8) is 0 Å². The molecule has 0 amide bonds. The van der Waals surface area contributed by atoms with Crippen LogP contribution >= 0.6 is 0 Å². The number of para-hydroxylation sites is 1. The molecule has 3 heterocycles. The molecule has 0 saturated carbocycles. The van der Waals surface area contributed by atoms with E-state index in [4.69, 9.17) is 11.5 Å². The first-order valence-corrected chi connectivity index (χ1v) is 8.67. The zero-order valence-electron chi connectivity index (χ0n) is 15.1. The topological polar surface area (TPSA) is 116 Å². The Hall–Kier alpha value is -3.81. The molecule has 0 bridgehead atoms. The van der Waals surface area contributed by atoms with Crippen LogP contribution in [0.15, 0.2) is 55.1 Å². The summed E-state index contributed by atoms with van der Waals surface area (Å²) in [4.78, 5) is 16.8. The Labute approximate surface area is 160 Å². The number of nitrogens with one attached hydrogen (secondary N) is 1. The Morgan fingerprint density at radius 2 is 1.86 bits per heavy atom. The largest absolute Gasteiger partial charge is 0.393 e. The highest BCUT2D eigenvalue weighted by molar-refractivity contribution is 5.95. The number of halogens is 1. The van der Waals surface area contributed by atoms with Gasteiger partial charge in [0.25, 0.3) is 0 Å². The number of nitrogens with zero attached hydrogens (tertiary/aromatic N) is 4. The molecule has 1 unspecified atom stereocenters. The second kappa shape index (κ2) is 7.07. The molecule has 5 N–H and O–H groups in total. The van der Waals surface area contributed by atoms with Crippen LogP contribution in [0.1, 0.15) is 18.5 Å². The number of rotatable bonds is 4. The summed E-state index contributed by atoms with van der Waals surface area (Å²) in [5.41, 5.74) is 14.7. The monoisotopic (exact) mass is 375 g/mol. The minimum atomic E-state index is -0.380. The smallest absolute Gasteiger partial charge is 0.155 e. The van der Waals surface area contributed by atoms with E-state index < -0.39 is 0 Å². The van der Waals surface area contributed by atoms with Crippen molar-refractivity contribution in [3.05, 3.63) is 66.5 Å². The number of benzene rings is 1. The molecular formula is C20H18FN7. The number of anilines is 3. The van der Waals surface area contributed by atoms with Gasteiger partial charge in [0.1, 0.15) is 23.3 Å². The lowest BCUT2D eigenvalue weighted by Crippen LogP contribution is -2.13. The second-order valence-corrected chi connectivity index (χ2v) is 6.33. The highest BCUT2D eigenvalue weighted by atomic mass is 19.1. The molecule has 0 radical (unpaired) electrons. The minimum Gasteiger partial charge on any atom is -0.393 e. The van der Waals surface area contributed by atoms with Crippen LogP contribution in [0.2, 0.25) is 0 Å². The van der Waals surface area contributed by atoms with E-state index in [1.54, 1.807) is 18.5 Å². The number of hydrogen-bond donors (Lipinski definition) is 3. The van der Waals surface area contributed by atoms with Gasteiger partial charge in [-0.05, 0) is 25.1 Å². The van der Waals surface area contributed by atoms with Crippen molar-refractivity contribution >= 4 is 28.2 Å². The molecule has 1 aromatic carbocycles. The molecule has 3 aromatic heterocycles. The van der Waals surface area contributed by atoms with E-state index in [-0.39, 0.29) is 23.4 Å². The van der Waals surface area contributed by atoms with Gasteiger partial charge in [0.05, 0.1) is 11.7 Å². The van der Waals surface area contributed by atoms with Gasteiger partial charge >= 0.3 is 0 Å². The lowest BCUT2D eigenvalue weighted by atomic mass is 9.96. The van der Waals surface area contributed by atoms with Crippen LogP contribution in [-0.4, -0.2) is 19.9 Å². The molecule has 0 saturated heterocycles. The molecule has 8 heteroatoms. The zero-order valence-corrected chi connectivity index (χ0v) is 15.1. The van der Waals surface area contributed by atoms with Crippen LogP contribution in [-0.2, 0) is 0 Å². The van der Waals surface area contributed by atoms with Crippen LogP contribution in [0, 0.1) is 5.82 Å². The molecular weight excluding hydrogens is 357 g/mol. The van der Waals surface area contributed by atoms with E-state index in [1.807, 2.05) is 31.2 Å². The van der Waals surface area contributed by atoms with Crippen molar-refractivity contribution in [2.24, 2.45) is 0 Å². The third-order valence-corrected chi connectivity index (χ3v) is 4.53. The maximum absolute atomic E-state index is 14.3. The summed E-state index contributed by atoms with van der Waals surface area (Å²) in [5.74, 6) is 0.245.